The molecular formula is C13H19BrFN. The fourth-order valence-electron chi connectivity index (χ4n) is 1.77. The lowest BCUT2D eigenvalue weighted by Gasteiger charge is -2.18. The van der Waals surface area contributed by atoms with E-state index in [2.05, 4.69) is 35.1 Å². The van der Waals surface area contributed by atoms with Gasteiger partial charge in [-0.2, -0.15) is 0 Å². The molecule has 0 aliphatic heterocycles. The smallest absolute Gasteiger partial charge is 0.124 e. The summed E-state index contributed by atoms with van der Waals surface area (Å²) in [5, 5.41) is 3.45. The van der Waals surface area contributed by atoms with E-state index in [9.17, 15) is 4.39 Å². The lowest BCUT2D eigenvalue weighted by atomic mass is 10.0. The van der Waals surface area contributed by atoms with Gasteiger partial charge >= 0.3 is 0 Å². The van der Waals surface area contributed by atoms with Crippen LogP contribution in [0.25, 0.3) is 0 Å². The van der Waals surface area contributed by atoms with Gasteiger partial charge in [-0.3, -0.25) is 0 Å². The van der Waals surface area contributed by atoms with Crippen molar-refractivity contribution in [1.29, 1.82) is 0 Å². The number of hydrogen-bond donors (Lipinski definition) is 1. The van der Waals surface area contributed by atoms with E-state index in [0.717, 1.165) is 35.8 Å². The standard InChI is InChI=1S/C13H19BrFN/c1-3-5-13(16-6-4-2)10-7-11(14)9-12(15)8-10/h7-9,13,16H,3-6H2,1-2H3. The summed E-state index contributed by atoms with van der Waals surface area (Å²) < 4.78 is 14.1. The Morgan fingerprint density at radius 3 is 2.56 bits per heavy atom. The summed E-state index contributed by atoms with van der Waals surface area (Å²) in [4.78, 5) is 0. The Morgan fingerprint density at radius 2 is 2.00 bits per heavy atom. The molecule has 1 rings (SSSR count). The van der Waals surface area contributed by atoms with Crippen LogP contribution in [0.2, 0.25) is 0 Å². The maximum absolute atomic E-state index is 13.3. The van der Waals surface area contributed by atoms with Gasteiger partial charge in [-0.25, -0.2) is 4.39 Å². The normalized spacial score (nSPS) is 12.8. The molecule has 0 amide bonds. The highest BCUT2D eigenvalue weighted by atomic mass is 79.9. The molecule has 1 unspecified atom stereocenters. The molecule has 0 aliphatic rings. The average molecular weight is 288 g/mol. The number of benzene rings is 1. The van der Waals surface area contributed by atoms with Crippen molar-refractivity contribution in [3.05, 3.63) is 34.1 Å². The monoisotopic (exact) mass is 287 g/mol. The van der Waals surface area contributed by atoms with Crippen LogP contribution in [0.15, 0.2) is 22.7 Å². The van der Waals surface area contributed by atoms with Gasteiger partial charge in [0.25, 0.3) is 0 Å². The molecule has 1 nitrogen and oxygen atoms in total. The minimum Gasteiger partial charge on any atom is -0.310 e. The van der Waals surface area contributed by atoms with Crippen LogP contribution < -0.4 is 5.32 Å². The van der Waals surface area contributed by atoms with Gasteiger partial charge in [-0.1, -0.05) is 36.2 Å². The minimum absolute atomic E-state index is 0.177. The van der Waals surface area contributed by atoms with Crippen LogP contribution >= 0.6 is 15.9 Å². The van der Waals surface area contributed by atoms with Gasteiger partial charge in [-0.05, 0) is 43.1 Å². The lowest BCUT2D eigenvalue weighted by Crippen LogP contribution is -2.22. The van der Waals surface area contributed by atoms with Gasteiger partial charge in [0.05, 0.1) is 0 Å². The molecule has 1 atom stereocenters. The first kappa shape index (κ1) is 13.7. The van der Waals surface area contributed by atoms with Crippen molar-refractivity contribution in [3.63, 3.8) is 0 Å². The van der Waals surface area contributed by atoms with Crippen molar-refractivity contribution in [2.45, 2.75) is 39.2 Å². The van der Waals surface area contributed by atoms with Crippen LogP contribution in [-0.2, 0) is 0 Å². The summed E-state index contributed by atoms with van der Waals surface area (Å²) in [6.07, 6.45) is 3.22. The molecular weight excluding hydrogens is 269 g/mol. The van der Waals surface area contributed by atoms with E-state index in [1.807, 2.05) is 6.07 Å². The van der Waals surface area contributed by atoms with E-state index in [1.165, 1.54) is 6.07 Å². The first-order chi connectivity index (χ1) is 7.67. The van der Waals surface area contributed by atoms with Crippen LogP contribution in [0.5, 0.6) is 0 Å². The Labute approximate surface area is 106 Å². The van der Waals surface area contributed by atoms with Gasteiger partial charge in [-0.15, -0.1) is 0 Å². The molecule has 0 spiro atoms. The lowest BCUT2D eigenvalue weighted by molar-refractivity contribution is 0.490. The molecule has 1 aromatic carbocycles. The van der Waals surface area contributed by atoms with Crippen LogP contribution in [0.4, 0.5) is 4.39 Å². The van der Waals surface area contributed by atoms with Crippen molar-refractivity contribution >= 4 is 15.9 Å². The second kappa shape index (κ2) is 7.02. The van der Waals surface area contributed by atoms with Crippen molar-refractivity contribution in [2.24, 2.45) is 0 Å². The Bertz CT molecular complexity index is 307. The van der Waals surface area contributed by atoms with E-state index >= 15 is 0 Å². The molecule has 0 bridgehead atoms. The third-order valence-corrected chi connectivity index (χ3v) is 2.96. The molecule has 1 aromatic rings. The van der Waals surface area contributed by atoms with Crippen molar-refractivity contribution < 1.29 is 4.39 Å². The maximum Gasteiger partial charge on any atom is 0.124 e. The van der Waals surface area contributed by atoms with Crippen LogP contribution in [-0.4, -0.2) is 6.54 Å². The second-order valence-corrected chi connectivity index (χ2v) is 4.91. The Morgan fingerprint density at radius 1 is 1.25 bits per heavy atom. The average Bonchev–Trinajstić information content (AvgIpc) is 2.22. The molecule has 0 radical (unpaired) electrons. The van der Waals surface area contributed by atoms with E-state index in [4.69, 9.17) is 0 Å². The van der Waals surface area contributed by atoms with E-state index < -0.39 is 0 Å². The molecule has 0 saturated heterocycles. The highest BCUT2D eigenvalue weighted by Gasteiger charge is 2.11. The van der Waals surface area contributed by atoms with Gasteiger partial charge in [0.1, 0.15) is 5.82 Å². The minimum atomic E-state index is -0.177. The van der Waals surface area contributed by atoms with Crippen molar-refractivity contribution in [1.82, 2.24) is 5.32 Å². The highest BCUT2D eigenvalue weighted by molar-refractivity contribution is 9.10. The third-order valence-electron chi connectivity index (χ3n) is 2.51. The Hall–Kier alpha value is -0.410. The van der Waals surface area contributed by atoms with E-state index in [-0.39, 0.29) is 11.9 Å². The SMILES string of the molecule is CCCNC(CCC)c1cc(F)cc(Br)c1. The van der Waals surface area contributed by atoms with Gasteiger partial charge in [0.2, 0.25) is 0 Å². The largest absolute Gasteiger partial charge is 0.310 e. The predicted octanol–water partition coefficient (Wildman–Crippen LogP) is 4.43. The third kappa shape index (κ3) is 4.22. The van der Waals surface area contributed by atoms with E-state index in [1.54, 1.807) is 6.07 Å². The highest BCUT2D eigenvalue weighted by Crippen LogP contribution is 2.23. The number of hydrogen-bond acceptors (Lipinski definition) is 1. The predicted molar refractivity (Wildman–Crippen MR) is 70.0 cm³/mol. The summed E-state index contributed by atoms with van der Waals surface area (Å²) in [5.41, 5.74) is 1.03. The number of nitrogens with one attached hydrogen (secondary N) is 1. The van der Waals surface area contributed by atoms with Gasteiger partial charge < -0.3 is 5.32 Å². The number of rotatable bonds is 6. The quantitative estimate of drug-likeness (QED) is 0.816. The first-order valence-electron chi connectivity index (χ1n) is 5.86. The molecule has 90 valence electrons. The summed E-state index contributed by atoms with van der Waals surface area (Å²) in [7, 11) is 0. The van der Waals surface area contributed by atoms with Gasteiger partial charge in [0.15, 0.2) is 0 Å². The Balaban J connectivity index is 2.82. The fourth-order valence-corrected chi connectivity index (χ4v) is 2.25. The van der Waals surface area contributed by atoms with E-state index in [0.29, 0.717) is 0 Å². The molecule has 3 heteroatoms. The molecule has 0 aromatic heterocycles. The van der Waals surface area contributed by atoms with Crippen LogP contribution in [0.1, 0.15) is 44.7 Å². The molecule has 0 heterocycles. The molecule has 0 aliphatic carbocycles. The fraction of sp³-hybridized carbons (Fsp3) is 0.538. The van der Waals surface area contributed by atoms with Crippen molar-refractivity contribution in [3.8, 4) is 0 Å². The molecule has 1 N–H and O–H groups in total. The number of halogens is 2. The summed E-state index contributed by atoms with van der Waals surface area (Å²) in [6, 6.07) is 5.36. The summed E-state index contributed by atoms with van der Waals surface area (Å²) in [6.45, 7) is 5.26. The zero-order valence-corrected chi connectivity index (χ0v) is 11.5. The zero-order chi connectivity index (χ0) is 12.0. The summed E-state index contributed by atoms with van der Waals surface area (Å²) in [5.74, 6) is -0.177. The summed E-state index contributed by atoms with van der Waals surface area (Å²) >= 11 is 3.33. The maximum atomic E-state index is 13.3. The van der Waals surface area contributed by atoms with Crippen molar-refractivity contribution in [2.75, 3.05) is 6.54 Å². The second-order valence-electron chi connectivity index (χ2n) is 4.00. The Kier molecular flexibility index (Phi) is 5.99. The van der Waals surface area contributed by atoms with Crippen LogP contribution in [0, 0.1) is 5.82 Å². The van der Waals surface area contributed by atoms with Crippen LogP contribution in [0.3, 0.4) is 0 Å². The molecule has 0 saturated carbocycles. The van der Waals surface area contributed by atoms with Gasteiger partial charge in [0, 0.05) is 10.5 Å². The first-order valence-corrected chi connectivity index (χ1v) is 6.66. The molecule has 0 fully saturated rings. The molecule has 16 heavy (non-hydrogen) atoms. The zero-order valence-electron chi connectivity index (χ0n) is 9.89. The topological polar surface area (TPSA) is 12.0 Å².